The summed E-state index contributed by atoms with van der Waals surface area (Å²) in [5.74, 6) is 2.08. The van der Waals surface area contributed by atoms with Crippen LogP contribution in [0.25, 0.3) is 0 Å². The van der Waals surface area contributed by atoms with E-state index in [0.717, 1.165) is 11.3 Å². The lowest BCUT2D eigenvalue weighted by Crippen LogP contribution is -2.50. The van der Waals surface area contributed by atoms with E-state index in [1.807, 2.05) is 45.0 Å². The first-order valence-electron chi connectivity index (χ1n) is 11.4. The van der Waals surface area contributed by atoms with Gasteiger partial charge in [-0.15, -0.1) is 0 Å². The number of hydrogen-bond acceptors (Lipinski definition) is 6. The fraction of sp³-hybridized carbons (Fsp3) is 0.462. The average molecular weight is 473 g/mol. The number of hydrogen-bond donors (Lipinski definition) is 1. The summed E-state index contributed by atoms with van der Waals surface area (Å²) in [4.78, 5) is 27.9. The highest BCUT2D eigenvalue weighted by Crippen LogP contribution is 2.27. The van der Waals surface area contributed by atoms with Gasteiger partial charge in [0.15, 0.2) is 6.61 Å². The van der Waals surface area contributed by atoms with Gasteiger partial charge in [-0.3, -0.25) is 9.59 Å². The van der Waals surface area contributed by atoms with Gasteiger partial charge in [-0.2, -0.15) is 0 Å². The Balaban J connectivity index is 2.23. The van der Waals surface area contributed by atoms with Crippen LogP contribution in [0.3, 0.4) is 0 Å². The molecule has 0 spiro atoms. The summed E-state index contributed by atoms with van der Waals surface area (Å²) in [7, 11) is 4.69. The molecule has 0 saturated heterocycles. The largest absolute Gasteiger partial charge is 0.497 e. The minimum atomic E-state index is -0.628. The molecule has 0 fully saturated rings. The minimum absolute atomic E-state index is 0.180. The second kappa shape index (κ2) is 13.3. The van der Waals surface area contributed by atoms with E-state index < -0.39 is 6.04 Å². The van der Waals surface area contributed by atoms with E-state index in [1.54, 1.807) is 44.4 Å². The third-order valence-electron chi connectivity index (χ3n) is 5.27. The van der Waals surface area contributed by atoms with Crippen molar-refractivity contribution < 1.29 is 28.5 Å². The molecule has 0 heterocycles. The van der Waals surface area contributed by atoms with E-state index in [9.17, 15) is 9.59 Å². The molecule has 2 aromatic rings. The van der Waals surface area contributed by atoms with Crippen molar-refractivity contribution in [1.29, 1.82) is 0 Å². The van der Waals surface area contributed by atoms with Crippen molar-refractivity contribution in [3.05, 3.63) is 48.0 Å². The van der Waals surface area contributed by atoms with Crippen LogP contribution in [0.15, 0.2) is 42.5 Å². The summed E-state index contributed by atoms with van der Waals surface area (Å²) in [6.45, 7) is 6.51. The highest BCUT2D eigenvalue weighted by Gasteiger charge is 2.29. The predicted octanol–water partition coefficient (Wildman–Crippen LogP) is 3.67. The van der Waals surface area contributed by atoms with Gasteiger partial charge in [0, 0.05) is 31.3 Å². The fourth-order valence-electron chi connectivity index (χ4n) is 3.36. The maximum atomic E-state index is 13.3. The van der Waals surface area contributed by atoms with Crippen LogP contribution in [-0.4, -0.2) is 57.2 Å². The van der Waals surface area contributed by atoms with Crippen LogP contribution < -0.4 is 24.3 Å². The van der Waals surface area contributed by atoms with Crippen LogP contribution in [-0.2, 0) is 16.1 Å². The Morgan fingerprint density at radius 2 is 1.44 bits per heavy atom. The maximum Gasteiger partial charge on any atom is 0.261 e. The summed E-state index contributed by atoms with van der Waals surface area (Å²) in [5.41, 5.74) is 0.882. The van der Waals surface area contributed by atoms with Crippen molar-refractivity contribution in [3.8, 4) is 23.0 Å². The molecule has 2 rings (SSSR count). The second-order valence-corrected chi connectivity index (χ2v) is 8.27. The summed E-state index contributed by atoms with van der Waals surface area (Å²) >= 11 is 0. The van der Waals surface area contributed by atoms with Gasteiger partial charge in [0.2, 0.25) is 5.91 Å². The Morgan fingerprint density at radius 3 is 1.94 bits per heavy atom. The van der Waals surface area contributed by atoms with E-state index in [2.05, 4.69) is 5.32 Å². The van der Waals surface area contributed by atoms with Gasteiger partial charge in [-0.05, 0) is 30.0 Å². The van der Waals surface area contributed by atoms with E-state index in [-0.39, 0.29) is 25.0 Å². The van der Waals surface area contributed by atoms with Gasteiger partial charge in [-0.25, -0.2) is 0 Å². The smallest absolute Gasteiger partial charge is 0.261 e. The van der Waals surface area contributed by atoms with E-state index in [4.69, 9.17) is 18.9 Å². The molecule has 0 saturated carbocycles. The molecule has 0 aliphatic rings. The van der Waals surface area contributed by atoms with Crippen LogP contribution >= 0.6 is 0 Å². The third-order valence-corrected chi connectivity index (χ3v) is 5.27. The van der Waals surface area contributed by atoms with Gasteiger partial charge < -0.3 is 29.2 Å². The Morgan fingerprint density at radius 1 is 0.882 bits per heavy atom. The number of carbonyl (C=O) groups is 2. The van der Waals surface area contributed by atoms with E-state index >= 15 is 0 Å². The topological polar surface area (TPSA) is 86.3 Å². The van der Waals surface area contributed by atoms with Crippen LogP contribution in [0, 0.1) is 5.92 Å². The van der Waals surface area contributed by atoms with Gasteiger partial charge in [0.1, 0.15) is 29.0 Å². The monoisotopic (exact) mass is 472 g/mol. The van der Waals surface area contributed by atoms with Gasteiger partial charge in [-0.1, -0.05) is 32.9 Å². The number of ether oxygens (including phenoxy) is 4. The molecule has 0 bridgehead atoms. The molecule has 1 atom stereocenters. The van der Waals surface area contributed by atoms with Crippen LogP contribution in [0.2, 0.25) is 0 Å². The summed E-state index contributed by atoms with van der Waals surface area (Å²) < 4.78 is 21.5. The minimum Gasteiger partial charge on any atom is -0.497 e. The van der Waals surface area contributed by atoms with Crippen molar-refractivity contribution in [1.82, 2.24) is 10.2 Å². The van der Waals surface area contributed by atoms with Crippen molar-refractivity contribution >= 4 is 11.8 Å². The average Bonchev–Trinajstić information content (AvgIpc) is 2.85. The number of nitrogens with one attached hydrogen (secondary N) is 1. The Hall–Kier alpha value is -3.42. The Bertz CT molecular complexity index is 907. The molecule has 1 N–H and O–H groups in total. The molecule has 0 aromatic heterocycles. The first-order chi connectivity index (χ1) is 16.3. The fourth-order valence-corrected chi connectivity index (χ4v) is 3.36. The molecule has 2 aromatic carbocycles. The number of nitrogens with zero attached hydrogens (tertiary/aromatic N) is 1. The Kier molecular flexibility index (Phi) is 10.5. The molecule has 0 radical (unpaired) electrons. The van der Waals surface area contributed by atoms with Crippen molar-refractivity contribution in [2.24, 2.45) is 5.92 Å². The van der Waals surface area contributed by atoms with E-state index in [1.165, 1.54) is 0 Å². The van der Waals surface area contributed by atoms with Crippen molar-refractivity contribution in [2.45, 2.75) is 39.8 Å². The van der Waals surface area contributed by atoms with Crippen LogP contribution in [0.5, 0.6) is 23.0 Å². The zero-order chi connectivity index (χ0) is 25.1. The first kappa shape index (κ1) is 26.8. The summed E-state index contributed by atoms with van der Waals surface area (Å²) in [6.07, 6.45) is 0.471. The van der Waals surface area contributed by atoms with Gasteiger partial charge >= 0.3 is 0 Å². The number of rotatable bonds is 13. The maximum absolute atomic E-state index is 13.3. The molecule has 8 heteroatoms. The highest BCUT2D eigenvalue weighted by molar-refractivity contribution is 5.88. The third kappa shape index (κ3) is 7.86. The lowest BCUT2D eigenvalue weighted by molar-refractivity contribution is -0.143. The van der Waals surface area contributed by atoms with Crippen molar-refractivity contribution in [3.63, 3.8) is 0 Å². The Labute approximate surface area is 202 Å². The number of methoxy groups -OCH3 is 3. The molecule has 0 aliphatic heterocycles. The standard InChI is InChI=1S/C26H36N2O6/c1-7-24(26(30)27-15-18(2)3)28(16-19-8-10-20(31-4)11-9-19)25(29)17-34-23-13-21(32-5)12-22(14-23)33-6/h8-14,18,24H,7,15-17H2,1-6H3,(H,27,30)/t24-/m1/s1. The SMILES string of the molecule is CC[C@H](C(=O)NCC(C)C)N(Cc1ccc(OC)cc1)C(=O)COc1cc(OC)cc(OC)c1. The zero-order valence-electron chi connectivity index (χ0n) is 20.9. The van der Waals surface area contributed by atoms with Crippen LogP contribution in [0.4, 0.5) is 0 Å². The van der Waals surface area contributed by atoms with Gasteiger partial charge in [0.05, 0.1) is 21.3 Å². The second-order valence-electron chi connectivity index (χ2n) is 8.27. The van der Waals surface area contributed by atoms with Crippen LogP contribution in [0.1, 0.15) is 32.8 Å². The number of carbonyl (C=O) groups excluding carboxylic acids is 2. The quantitative estimate of drug-likeness (QED) is 0.479. The lowest BCUT2D eigenvalue weighted by atomic mass is 10.1. The molecule has 8 nitrogen and oxygen atoms in total. The van der Waals surface area contributed by atoms with Crippen molar-refractivity contribution in [2.75, 3.05) is 34.5 Å². The molecule has 2 amide bonds. The predicted molar refractivity (Wildman–Crippen MR) is 131 cm³/mol. The summed E-state index contributed by atoms with van der Waals surface area (Å²) in [5, 5.41) is 2.95. The molecule has 0 aliphatic carbocycles. The molecular formula is C26H36N2O6. The number of amides is 2. The zero-order valence-corrected chi connectivity index (χ0v) is 20.9. The van der Waals surface area contributed by atoms with Gasteiger partial charge in [0.25, 0.3) is 5.91 Å². The lowest BCUT2D eigenvalue weighted by Gasteiger charge is -2.31. The normalized spacial score (nSPS) is 11.5. The highest BCUT2D eigenvalue weighted by atomic mass is 16.5. The summed E-state index contributed by atoms with van der Waals surface area (Å²) in [6, 6.07) is 11.9. The molecule has 0 unspecified atom stereocenters. The van der Waals surface area contributed by atoms with E-state index in [0.29, 0.717) is 36.1 Å². The molecule has 186 valence electrons. The molecule has 34 heavy (non-hydrogen) atoms. The first-order valence-corrected chi connectivity index (χ1v) is 11.4. The molecular weight excluding hydrogens is 436 g/mol. The number of benzene rings is 2.